The van der Waals surface area contributed by atoms with Gasteiger partial charge in [-0.15, -0.1) is 0 Å². The molecule has 0 spiro atoms. The third-order valence-corrected chi connectivity index (χ3v) is 5.81. The van der Waals surface area contributed by atoms with Gasteiger partial charge in [-0.05, 0) is 51.3 Å². The number of aryl methyl sites for hydroxylation is 1. The summed E-state index contributed by atoms with van der Waals surface area (Å²) in [6.07, 6.45) is 7.07. The Morgan fingerprint density at radius 1 is 1.29 bits per heavy atom. The van der Waals surface area contributed by atoms with Gasteiger partial charge in [-0.25, -0.2) is 4.68 Å². The molecule has 0 aliphatic heterocycles. The Bertz CT molecular complexity index is 1330. The first-order valence-electron chi connectivity index (χ1n) is 10.6. The SMILES string of the molecule is Cc1cc2c(o1)c1cnn(CC(=O)N(Cc3ccncc3)C3CC3)c(=O)c1n2C(C)C. The fourth-order valence-electron chi connectivity index (χ4n) is 4.23. The van der Waals surface area contributed by atoms with E-state index in [4.69, 9.17) is 4.42 Å². The fraction of sp³-hybridized carbons (Fsp3) is 0.391. The van der Waals surface area contributed by atoms with E-state index in [9.17, 15) is 9.59 Å². The first-order valence-corrected chi connectivity index (χ1v) is 10.6. The summed E-state index contributed by atoms with van der Waals surface area (Å²) in [7, 11) is 0. The van der Waals surface area contributed by atoms with Gasteiger partial charge >= 0.3 is 0 Å². The van der Waals surface area contributed by atoms with Crippen molar-refractivity contribution in [2.24, 2.45) is 0 Å². The third kappa shape index (κ3) is 3.41. The highest BCUT2D eigenvalue weighted by molar-refractivity contribution is 6.04. The molecule has 0 saturated heterocycles. The maximum Gasteiger partial charge on any atom is 0.291 e. The van der Waals surface area contributed by atoms with Crippen molar-refractivity contribution < 1.29 is 9.21 Å². The minimum atomic E-state index is -0.275. The van der Waals surface area contributed by atoms with Crippen molar-refractivity contribution >= 4 is 27.9 Å². The number of pyridine rings is 1. The lowest BCUT2D eigenvalue weighted by molar-refractivity contribution is -0.133. The summed E-state index contributed by atoms with van der Waals surface area (Å²) in [6.45, 7) is 6.37. The fourth-order valence-corrected chi connectivity index (χ4v) is 4.23. The monoisotopic (exact) mass is 419 g/mol. The summed E-state index contributed by atoms with van der Waals surface area (Å²) in [5.41, 5.74) is 2.82. The van der Waals surface area contributed by atoms with E-state index in [-0.39, 0.29) is 30.1 Å². The van der Waals surface area contributed by atoms with E-state index in [0.29, 0.717) is 23.0 Å². The zero-order chi connectivity index (χ0) is 21.7. The molecular weight excluding hydrogens is 394 g/mol. The normalized spacial score (nSPS) is 14.1. The minimum absolute atomic E-state index is 0.0610. The first kappa shape index (κ1) is 19.5. The van der Waals surface area contributed by atoms with Crippen LogP contribution < -0.4 is 5.56 Å². The van der Waals surface area contributed by atoms with Gasteiger partial charge in [0, 0.05) is 37.1 Å². The van der Waals surface area contributed by atoms with Gasteiger partial charge in [0.2, 0.25) is 5.91 Å². The Morgan fingerprint density at radius 2 is 2.03 bits per heavy atom. The number of aromatic nitrogens is 4. The van der Waals surface area contributed by atoms with Crippen LogP contribution in [0.25, 0.3) is 22.0 Å². The zero-order valence-electron chi connectivity index (χ0n) is 17.9. The predicted octanol–water partition coefficient (Wildman–Crippen LogP) is 3.42. The molecule has 0 bridgehead atoms. The smallest absolute Gasteiger partial charge is 0.291 e. The number of furan rings is 1. The van der Waals surface area contributed by atoms with Crippen LogP contribution in [0.3, 0.4) is 0 Å². The van der Waals surface area contributed by atoms with Crippen molar-refractivity contribution in [3.8, 4) is 0 Å². The summed E-state index contributed by atoms with van der Waals surface area (Å²) in [6, 6.07) is 6.04. The van der Waals surface area contributed by atoms with Gasteiger partial charge in [-0.2, -0.15) is 5.10 Å². The molecule has 1 aliphatic carbocycles. The predicted molar refractivity (Wildman–Crippen MR) is 117 cm³/mol. The lowest BCUT2D eigenvalue weighted by atomic mass is 10.2. The van der Waals surface area contributed by atoms with Gasteiger partial charge in [0.25, 0.3) is 5.56 Å². The molecular formula is C23H25N5O3. The first-order chi connectivity index (χ1) is 14.9. The van der Waals surface area contributed by atoms with Gasteiger partial charge in [0.05, 0.1) is 17.1 Å². The molecule has 8 heteroatoms. The van der Waals surface area contributed by atoms with Crippen LogP contribution in [0.15, 0.2) is 46.0 Å². The standard InChI is InChI=1S/C23H25N5O3/c1-14(2)28-19-10-15(3)31-22(19)18-11-25-27(23(30)21(18)28)13-20(29)26(17-4-5-17)12-16-6-8-24-9-7-16/h6-11,14,17H,4-5,12-13H2,1-3H3. The van der Waals surface area contributed by atoms with E-state index in [1.165, 1.54) is 4.68 Å². The Kier molecular flexibility index (Phi) is 4.64. The van der Waals surface area contributed by atoms with Gasteiger partial charge < -0.3 is 13.9 Å². The summed E-state index contributed by atoms with van der Waals surface area (Å²) in [5, 5.41) is 5.00. The van der Waals surface area contributed by atoms with Gasteiger partial charge in [-0.3, -0.25) is 14.6 Å². The number of carbonyl (C=O) groups is 1. The average Bonchev–Trinajstić information content (AvgIpc) is 3.44. The average molecular weight is 419 g/mol. The molecule has 0 atom stereocenters. The maximum absolute atomic E-state index is 13.4. The minimum Gasteiger partial charge on any atom is -0.459 e. The van der Waals surface area contributed by atoms with E-state index in [0.717, 1.165) is 29.7 Å². The van der Waals surface area contributed by atoms with Crippen LogP contribution in [0, 0.1) is 6.92 Å². The second kappa shape index (κ2) is 7.37. The van der Waals surface area contributed by atoms with E-state index in [1.54, 1.807) is 18.6 Å². The van der Waals surface area contributed by atoms with Crippen molar-refractivity contribution in [2.75, 3.05) is 0 Å². The molecule has 0 unspecified atom stereocenters. The lowest BCUT2D eigenvalue weighted by Crippen LogP contribution is -2.38. The molecule has 4 aromatic heterocycles. The van der Waals surface area contributed by atoms with Gasteiger partial charge in [0.1, 0.15) is 17.8 Å². The Labute approximate surface area is 179 Å². The van der Waals surface area contributed by atoms with Crippen molar-refractivity contribution in [2.45, 2.75) is 58.8 Å². The van der Waals surface area contributed by atoms with Crippen LogP contribution in [-0.2, 0) is 17.9 Å². The van der Waals surface area contributed by atoms with Crippen LogP contribution in [0.2, 0.25) is 0 Å². The van der Waals surface area contributed by atoms with Crippen molar-refractivity contribution in [1.29, 1.82) is 0 Å². The molecule has 31 heavy (non-hydrogen) atoms. The third-order valence-electron chi connectivity index (χ3n) is 5.81. The summed E-state index contributed by atoms with van der Waals surface area (Å²) in [4.78, 5) is 32.4. The molecule has 160 valence electrons. The molecule has 4 heterocycles. The van der Waals surface area contributed by atoms with Crippen molar-refractivity contribution in [3.63, 3.8) is 0 Å². The second-order valence-corrected chi connectivity index (χ2v) is 8.51. The molecule has 8 nitrogen and oxygen atoms in total. The van der Waals surface area contributed by atoms with Crippen molar-refractivity contribution in [3.05, 3.63) is 58.5 Å². The summed E-state index contributed by atoms with van der Waals surface area (Å²) >= 11 is 0. The van der Waals surface area contributed by atoms with Crippen LogP contribution in [0.5, 0.6) is 0 Å². The second-order valence-electron chi connectivity index (χ2n) is 8.51. The van der Waals surface area contributed by atoms with Crippen LogP contribution in [0.1, 0.15) is 44.1 Å². The van der Waals surface area contributed by atoms with Crippen LogP contribution in [0.4, 0.5) is 0 Å². The van der Waals surface area contributed by atoms with E-state index < -0.39 is 0 Å². The summed E-state index contributed by atoms with van der Waals surface area (Å²) < 4.78 is 9.09. The van der Waals surface area contributed by atoms with Crippen LogP contribution in [-0.4, -0.2) is 36.2 Å². The van der Waals surface area contributed by atoms with E-state index in [2.05, 4.69) is 10.1 Å². The highest BCUT2D eigenvalue weighted by atomic mass is 16.3. The number of carbonyl (C=O) groups excluding carboxylic acids is 1. The number of nitrogens with zero attached hydrogens (tertiary/aromatic N) is 5. The summed E-state index contributed by atoms with van der Waals surface area (Å²) in [5.74, 6) is 0.687. The number of hydrogen-bond acceptors (Lipinski definition) is 5. The number of fused-ring (bicyclic) bond motifs is 3. The molecule has 1 fully saturated rings. The molecule has 4 aromatic rings. The Balaban J connectivity index is 1.51. The Hall–Kier alpha value is -3.42. The highest BCUT2D eigenvalue weighted by Crippen LogP contribution is 2.32. The maximum atomic E-state index is 13.4. The topological polar surface area (TPSA) is 86.2 Å². The number of hydrogen-bond donors (Lipinski definition) is 0. The molecule has 1 aliphatic rings. The molecule has 1 amide bonds. The zero-order valence-corrected chi connectivity index (χ0v) is 17.9. The quantitative estimate of drug-likeness (QED) is 0.478. The van der Waals surface area contributed by atoms with Crippen molar-refractivity contribution in [1.82, 2.24) is 24.2 Å². The highest BCUT2D eigenvalue weighted by Gasteiger charge is 2.33. The van der Waals surface area contributed by atoms with E-state index in [1.807, 2.05) is 48.4 Å². The lowest BCUT2D eigenvalue weighted by Gasteiger charge is -2.22. The van der Waals surface area contributed by atoms with Crippen LogP contribution >= 0.6 is 0 Å². The number of rotatable bonds is 6. The molecule has 5 rings (SSSR count). The largest absolute Gasteiger partial charge is 0.459 e. The van der Waals surface area contributed by atoms with Gasteiger partial charge in [-0.1, -0.05) is 0 Å². The van der Waals surface area contributed by atoms with E-state index >= 15 is 0 Å². The molecule has 1 saturated carbocycles. The molecule has 0 aromatic carbocycles. The molecule has 0 N–H and O–H groups in total. The van der Waals surface area contributed by atoms with Gasteiger partial charge in [0.15, 0.2) is 5.58 Å². The molecule has 0 radical (unpaired) electrons. The number of amides is 1. The Morgan fingerprint density at radius 3 is 2.71 bits per heavy atom.